The molecule has 1 saturated heterocycles. The van der Waals surface area contributed by atoms with E-state index in [-0.39, 0.29) is 49.4 Å². The summed E-state index contributed by atoms with van der Waals surface area (Å²) in [5.74, 6) is -1.68. The smallest absolute Gasteiger partial charge is 0.227 e. The number of aromatic hydroxyl groups is 1. The molecule has 3 rings (SSSR count). The molecule has 3 N–H and O–H groups in total. The molecule has 1 aliphatic rings. The fraction of sp³-hybridized carbons (Fsp3) is 0.250. The molecule has 8 heteroatoms. The van der Waals surface area contributed by atoms with E-state index >= 15 is 0 Å². The van der Waals surface area contributed by atoms with Crippen LogP contribution in [0.2, 0.25) is 0 Å². The van der Waals surface area contributed by atoms with Crippen molar-refractivity contribution in [3.8, 4) is 5.75 Å². The summed E-state index contributed by atoms with van der Waals surface area (Å²) >= 11 is 0. The predicted octanol–water partition coefficient (Wildman–Crippen LogP) is 2.03. The molecule has 0 spiro atoms. The molecule has 2 aromatic carbocycles. The summed E-state index contributed by atoms with van der Waals surface area (Å²) in [5, 5.41) is 14.7. The van der Waals surface area contributed by atoms with Crippen molar-refractivity contribution in [2.75, 3.05) is 23.3 Å². The zero-order chi connectivity index (χ0) is 20.1. The van der Waals surface area contributed by atoms with Gasteiger partial charge in [-0.25, -0.2) is 4.39 Å². The lowest BCUT2D eigenvalue weighted by molar-refractivity contribution is -0.126. The summed E-state index contributed by atoms with van der Waals surface area (Å²) in [6.45, 7) is 0.344. The van der Waals surface area contributed by atoms with Crippen molar-refractivity contribution in [3.63, 3.8) is 0 Å². The van der Waals surface area contributed by atoms with Crippen molar-refractivity contribution in [3.05, 3.63) is 54.3 Å². The van der Waals surface area contributed by atoms with Crippen molar-refractivity contribution >= 4 is 29.1 Å². The van der Waals surface area contributed by atoms with Gasteiger partial charge in [0, 0.05) is 43.4 Å². The number of benzene rings is 2. The van der Waals surface area contributed by atoms with Gasteiger partial charge in [-0.3, -0.25) is 14.4 Å². The van der Waals surface area contributed by atoms with Gasteiger partial charge in [0.05, 0.1) is 5.92 Å². The number of hydrogen-bond donors (Lipinski definition) is 3. The second-order valence-corrected chi connectivity index (χ2v) is 6.52. The Morgan fingerprint density at radius 1 is 1.18 bits per heavy atom. The van der Waals surface area contributed by atoms with Crippen LogP contribution in [0.3, 0.4) is 0 Å². The SMILES string of the molecule is O=C(CCNC(=O)C1CC(=O)N(c2ccc(F)cc2)C1)Nc1cccc(O)c1. The molecular weight excluding hydrogens is 365 g/mol. The van der Waals surface area contributed by atoms with Crippen LogP contribution in [-0.4, -0.2) is 35.9 Å². The van der Waals surface area contributed by atoms with E-state index in [0.717, 1.165) is 0 Å². The van der Waals surface area contributed by atoms with Gasteiger partial charge in [0.1, 0.15) is 11.6 Å². The van der Waals surface area contributed by atoms with Crippen LogP contribution in [0.15, 0.2) is 48.5 Å². The van der Waals surface area contributed by atoms with Crippen molar-refractivity contribution in [2.24, 2.45) is 5.92 Å². The number of anilines is 2. The van der Waals surface area contributed by atoms with Crippen LogP contribution < -0.4 is 15.5 Å². The molecule has 0 aliphatic carbocycles. The molecular formula is C20H20FN3O4. The van der Waals surface area contributed by atoms with E-state index < -0.39 is 11.7 Å². The highest BCUT2D eigenvalue weighted by molar-refractivity contribution is 6.00. The van der Waals surface area contributed by atoms with Gasteiger partial charge in [0.2, 0.25) is 17.7 Å². The Hall–Kier alpha value is -3.42. The summed E-state index contributed by atoms with van der Waals surface area (Å²) in [5.41, 5.74) is 1.01. The number of amides is 3. The van der Waals surface area contributed by atoms with Crippen LogP contribution in [0.25, 0.3) is 0 Å². The first kappa shape index (κ1) is 19.3. The van der Waals surface area contributed by atoms with Gasteiger partial charge in [0.15, 0.2) is 0 Å². The Labute approximate surface area is 161 Å². The first-order valence-electron chi connectivity index (χ1n) is 8.85. The van der Waals surface area contributed by atoms with Gasteiger partial charge in [-0.15, -0.1) is 0 Å². The minimum atomic E-state index is -0.522. The van der Waals surface area contributed by atoms with Gasteiger partial charge in [-0.1, -0.05) is 6.07 Å². The first-order chi connectivity index (χ1) is 13.4. The van der Waals surface area contributed by atoms with Gasteiger partial charge >= 0.3 is 0 Å². The molecule has 0 radical (unpaired) electrons. The van der Waals surface area contributed by atoms with Gasteiger partial charge in [-0.05, 0) is 36.4 Å². The van der Waals surface area contributed by atoms with E-state index in [0.29, 0.717) is 11.4 Å². The number of halogens is 1. The van der Waals surface area contributed by atoms with Crippen LogP contribution >= 0.6 is 0 Å². The molecule has 3 amide bonds. The average Bonchev–Trinajstić information content (AvgIpc) is 3.04. The second kappa shape index (κ2) is 8.51. The van der Waals surface area contributed by atoms with Crippen molar-refractivity contribution < 1.29 is 23.9 Å². The van der Waals surface area contributed by atoms with Crippen molar-refractivity contribution in [1.29, 1.82) is 0 Å². The molecule has 1 unspecified atom stereocenters. The molecule has 146 valence electrons. The number of nitrogens with one attached hydrogen (secondary N) is 2. The van der Waals surface area contributed by atoms with Gasteiger partial charge in [-0.2, -0.15) is 0 Å². The van der Waals surface area contributed by atoms with Crippen LogP contribution in [0.1, 0.15) is 12.8 Å². The standard InChI is InChI=1S/C20H20FN3O4/c21-14-4-6-16(7-5-14)24-12-13(10-19(24)27)20(28)22-9-8-18(26)23-15-2-1-3-17(25)11-15/h1-7,11,13,25H,8-10,12H2,(H,22,28)(H,23,26). The third-order valence-electron chi connectivity index (χ3n) is 4.42. The third-order valence-corrected chi connectivity index (χ3v) is 4.42. The Morgan fingerprint density at radius 2 is 1.93 bits per heavy atom. The quantitative estimate of drug-likeness (QED) is 0.709. The van der Waals surface area contributed by atoms with Crippen molar-refractivity contribution in [1.82, 2.24) is 5.32 Å². The fourth-order valence-electron chi connectivity index (χ4n) is 3.00. The molecule has 28 heavy (non-hydrogen) atoms. The van der Waals surface area contributed by atoms with Gasteiger partial charge < -0.3 is 20.6 Å². The zero-order valence-corrected chi connectivity index (χ0v) is 15.0. The van der Waals surface area contributed by atoms with Crippen molar-refractivity contribution in [2.45, 2.75) is 12.8 Å². The Balaban J connectivity index is 1.45. The molecule has 1 heterocycles. The van der Waals surface area contributed by atoms with E-state index in [1.54, 1.807) is 12.1 Å². The summed E-state index contributed by atoms with van der Waals surface area (Å²) in [6, 6.07) is 11.7. The highest BCUT2D eigenvalue weighted by atomic mass is 19.1. The largest absolute Gasteiger partial charge is 0.508 e. The molecule has 0 bridgehead atoms. The summed E-state index contributed by atoms with van der Waals surface area (Å²) in [7, 11) is 0. The molecule has 0 saturated carbocycles. The van der Waals surface area contributed by atoms with E-state index in [2.05, 4.69) is 10.6 Å². The predicted molar refractivity (Wildman–Crippen MR) is 101 cm³/mol. The number of carbonyl (C=O) groups is 3. The minimum absolute atomic E-state index is 0.0442. The molecule has 0 aromatic heterocycles. The first-order valence-corrected chi connectivity index (χ1v) is 8.85. The lowest BCUT2D eigenvalue weighted by Gasteiger charge is -2.16. The summed E-state index contributed by atoms with van der Waals surface area (Å²) < 4.78 is 13.0. The Bertz CT molecular complexity index is 885. The monoisotopic (exact) mass is 385 g/mol. The number of phenols is 1. The normalized spacial score (nSPS) is 16.1. The minimum Gasteiger partial charge on any atom is -0.508 e. The maximum absolute atomic E-state index is 13.0. The van der Waals surface area contributed by atoms with E-state index in [4.69, 9.17) is 0 Å². The summed E-state index contributed by atoms with van der Waals surface area (Å²) in [6.07, 6.45) is 0.127. The highest BCUT2D eigenvalue weighted by Gasteiger charge is 2.34. The summed E-state index contributed by atoms with van der Waals surface area (Å²) in [4.78, 5) is 37.8. The van der Waals surface area contributed by atoms with E-state index in [9.17, 15) is 23.9 Å². The zero-order valence-electron chi connectivity index (χ0n) is 15.0. The highest BCUT2D eigenvalue weighted by Crippen LogP contribution is 2.25. The topological polar surface area (TPSA) is 98.7 Å². The number of carbonyl (C=O) groups excluding carboxylic acids is 3. The number of rotatable bonds is 6. The Morgan fingerprint density at radius 3 is 2.64 bits per heavy atom. The number of hydrogen-bond acceptors (Lipinski definition) is 4. The maximum Gasteiger partial charge on any atom is 0.227 e. The molecule has 1 atom stereocenters. The van der Waals surface area contributed by atoms with Crippen LogP contribution in [0, 0.1) is 11.7 Å². The van der Waals surface area contributed by atoms with E-state index in [1.165, 1.54) is 41.3 Å². The van der Waals surface area contributed by atoms with Crippen LogP contribution in [-0.2, 0) is 14.4 Å². The molecule has 2 aromatic rings. The molecule has 1 aliphatic heterocycles. The Kier molecular flexibility index (Phi) is 5.88. The van der Waals surface area contributed by atoms with Crippen LogP contribution in [0.5, 0.6) is 5.75 Å². The fourth-order valence-corrected chi connectivity index (χ4v) is 3.00. The lowest BCUT2D eigenvalue weighted by Crippen LogP contribution is -2.34. The second-order valence-electron chi connectivity index (χ2n) is 6.52. The van der Waals surface area contributed by atoms with E-state index in [1.807, 2.05) is 0 Å². The third kappa shape index (κ3) is 4.85. The number of nitrogens with zero attached hydrogens (tertiary/aromatic N) is 1. The van der Waals surface area contributed by atoms with Gasteiger partial charge in [0.25, 0.3) is 0 Å². The lowest BCUT2D eigenvalue weighted by atomic mass is 10.1. The molecule has 1 fully saturated rings. The number of phenolic OH excluding ortho intramolecular Hbond substituents is 1. The average molecular weight is 385 g/mol. The maximum atomic E-state index is 13.0. The molecule has 7 nitrogen and oxygen atoms in total. The van der Waals surface area contributed by atoms with Crippen LogP contribution in [0.4, 0.5) is 15.8 Å².